The molecule has 1 aliphatic carbocycles. The van der Waals surface area contributed by atoms with E-state index in [1.807, 2.05) is 0 Å². The van der Waals surface area contributed by atoms with Crippen LogP contribution in [0.25, 0.3) is 0 Å². The van der Waals surface area contributed by atoms with Crippen molar-refractivity contribution in [2.75, 3.05) is 12.4 Å². The van der Waals surface area contributed by atoms with Crippen LogP contribution in [-0.2, 0) is 29.0 Å². The Morgan fingerprint density at radius 2 is 2.19 bits per heavy atom. The fraction of sp³-hybridized carbons (Fsp3) is 0.421. The number of carbonyl (C=O) groups is 2. The van der Waals surface area contributed by atoms with Crippen molar-refractivity contribution < 1.29 is 18.5 Å². The van der Waals surface area contributed by atoms with Gasteiger partial charge in [-0.2, -0.15) is 0 Å². The Bertz CT molecular complexity index is 877. The van der Waals surface area contributed by atoms with E-state index in [0.717, 1.165) is 42.7 Å². The van der Waals surface area contributed by atoms with Crippen LogP contribution in [-0.4, -0.2) is 28.9 Å². The molecule has 4 rings (SSSR count). The van der Waals surface area contributed by atoms with Crippen LogP contribution in [0.2, 0.25) is 0 Å². The zero-order valence-corrected chi connectivity index (χ0v) is 14.5. The lowest BCUT2D eigenvalue weighted by Gasteiger charge is -2.28. The number of hydrogen-bond donors (Lipinski definition) is 1. The Kier molecular flexibility index (Phi) is 4.22. The number of fused-ring (bicyclic) bond motifs is 2. The predicted octanol–water partition coefficient (Wildman–Crippen LogP) is 2.78. The van der Waals surface area contributed by atoms with Crippen LogP contribution < -0.4 is 5.32 Å². The zero-order valence-electron chi connectivity index (χ0n) is 14.5. The minimum atomic E-state index is -0.692. The van der Waals surface area contributed by atoms with Crippen molar-refractivity contribution in [2.45, 2.75) is 44.6 Å². The molecule has 0 spiro atoms. The second kappa shape index (κ2) is 6.55. The zero-order chi connectivity index (χ0) is 18.3. The summed E-state index contributed by atoms with van der Waals surface area (Å²) < 4.78 is 19.1. The van der Waals surface area contributed by atoms with Gasteiger partial charge in [0.15, 0.2) is 0 Å². The lowest BCUT2D eigenvalue weighted by atomic mass is 9.89. The average molecular weight is 357 g/mol. The number of aryl methyl sites for hydroxylation is 1. The van der Waals surface area contributed by atoms with Gasteiger partial charge in [-0.1, -0.05) is 5.16 Å². The van der Waals surface area contributed by atoms with Crippen molar-refractivity contribution in [3.63, 3.8) is 0 Å². The van der Waals surface area contributed by atoms with Gasteiger partial charge < -0.3 is 14.7 Å². The molecule has 136 valence electrons. The average Bonchev–Trinajstić information content (AvgIpc) is 3.04. The van der Waals surface area contributed by atoms with E-state index in [-0.39, 0.29) is 18.2 Å². The number of likely N-dealkylation sites (N-methyl/N-ethyl adjacent to an activating group) is 1. The van der Waals surface area contributed by atoms with E-state index in [2.05, 4.69) is 10.5 Å². The molecule has 1 aromatic heterocycles. The topological polar surface area (TPSA) is 75.4 Å². The van der Waals surface area contributed by atoms with E-state index < -0.39 is 11.7 Å². The quantitative estimate of drug-likeness (QED) is 0.916. The Hall–Kier alpha value is -2.70. The molecule has 0 radical (unpaired) electrons. The van der Waals surface area contributed by atoms with Gasteiger partial charge in [-0.15, -0.1) is 0 Å². The number of halogens is 1. The van der Waals surface area contributed by atoms with Crippen LogP contribution in [0.4, 0.5) is 10.1 Å². The van der Waals surface area contributed by atoms with Crippen molar-refractivity contribution in [2.24, 2.45) is 0 Å². The van der Waals surface area contributed by atoms with Gasteiger partial charge in [-0.25, -0.2) is 4.39 Å². The molecule has 0 bridgehead atoms. The summed E-state index contributed by atoms with van der Waals surface area (Å²) in [4.78, 5) is 26.5. The highest BCUT2D eigenvalue weighted by Gasteiger charge is 2.33. The van der Waals surface area contributed by atoms with Crippen molar-refractivity contribution in [3.05, 3.63) is 46.6 Å². The first-order valence-electron chi connectivity index (χ1n) is 8.83. The number of nitrogens with zero attached hydrogens (tertiary/aromatic N) is 2. The van der Waals surface area contributed by atoms with Gasteiger partial charge in [-0.3, -0.25) is 9.59 Å². The molecule has 7 heteroatoms. The van der Waals surface area contributed by atoms with Crippen molar-refractivity contribution in [3.8, 4) is 0 Å². The fourth-order valence-corrected chi connectivity index (χ4v) is 3.79. The highest BCUT2D eigenvalue weighted by molar-refractivity contribution is 6.01. The largest absolute Gasteiger partial charge is 0.361 e. The first kappa shape index (κ1) is 16.8. The maximum Gasteiger partial charge on any atom is 0.230 e. The van der Waals surface area contributed by atoms with Crippen LogP contribution in [0.1, 0.15) is 47.8 Å². The highest BCUT2D eigenvalue weighted by Crippen LogP contribution is 2.34. The molecule has 1 atom stereocenters. The first-order valence-corrected chi connectivity index (χ1v) is 8.83. The van der Waals surface area contributed by atoms with Gasteiger partial charge in [-0.05, 0) is 43.0 Å². The van der Waals surface area contributed by atoms with Crippen LogP contribution in [0.5, 0.6) is 0 Å². The minimum absolute atomic E-state index is 0.0105. The number of carbonyl (C=O) groups excluding carboxylic acids is 2. The number of aromatic nitrogens is 1. The molecule has 1 aliphatic heterocycles. The Morgan fingerprint density at radius 3 is 3.04 bits per heavy atom. The summed E-state index contributed by atoms with van der Waals surface area (Å²) in [6, 6.07) is 4.09. The first-order chi connectivity index (χ1) is 12.5. The van der Waals surface area contributed by atoms with Crippen molar-refractivity contribution in [1.29, 1.82) is 0 Å². The smallest absolute Gasteiger partial charge is 0.230 e. The summed E-state index contributed by atoms with van der Waals surface area (Å²) in [5.41, 5.74) is 2.89. The molecule has 2 heterocycles. The monoisotopic (exact) mass is 357 g/mol. The van der Waals surface area contributed by atoms with E-state index in [1.54, 1.807) is 11.9 Å². The van der Waals surface area contributed by atoms with Crippen LogP contribution >= 0.6 is 0 Å². The van der Waals surface area contributed by atoms with Crippen molar-refractivity contribution >= 4 is 17.5 Å². The number of rotatable bonds is 3. The van der Waals surface area contributed by atoms with Gasteiger partial charge in [0.2, 0.25) is 11.8 Å². The standard InChI is InChI=1S/C19H20FN3O3/c1-23(10-16-12-4-2-3-5-17(12)26-22-16)19(25)14-9-18(24)21-15-7-6-11(20)8-13(14)15/h6-8,14H,2-5,9-10H2,1H3,(H,21,24)/t14-/m0/s1. The molecule has 6 nitrogen and oxygen atoms in total. The number of benzene rings is 1. The van der Waals surface area contributed by atoms with Gasteiger partial charge in [0.1, 0.15) is 17.3 Å². The lowest BCUT2D eigenvalue weighted by molar-refractivity contribution is -0.134. The third kappa shape index (κ3) is 2.98. The summed E-state index contributed by atoms with van der Waals surface area (Å²) in [7, 11) is 1.68. The summed E-state index contributed by atoms with van der Waals surface area (Å²) in [6.07, 6.45) is 3.99. The molecule has 0 saturated heterocycles. The van der Waals surface area contributed by atoms with Crippen LogP contribution in [0.15, 0.2) is 22.7 Å². The summed E-state index contributed by atoms with van der Waals surface area (Å²) >= 11 is 0. The normalized spacial score (nSPS) is 18.7. The molecule has 26 heavy (non-hydrogen) atoms. The SMILES string of the molecule is CN(Cc1noc2c1CCCC2)C(=O)[C@H]1CC(=O)Nc2ccc(F)cc21. The molecule has 2 aromatic rings. The van der Waals surface area contributed by atoms with E-state index in [4.69, 9.17) is 4.52 Å². The summed E-state index contributed by atoms with van der Waals surface area (Å²) in [5.74, 6) is -0.668. The third-order valence-electron chi connectivity index (χ3n) is 5.15. The molecular weight excluding hydrogens is 337 g/mol. The Labute approximate surface area is 150 Å². The molecular formula is C19H20FN3O3. The third-order valence-corrected chi connectivity index (χ3v) is 5.15. The van der Waals surface area contributed by atoms with E-state index >= 15 is 0 Å². The summed E-state index contributed by atoms with van der Waals surface area (Å²) in [5, 5.41) is 6.82. The van der Waals surface area contributed by atoms with Gasteiger partial charge in [0.05, 0.1) is 12.5 Å². The molecule has 0 fully saturated rings. The van der Waals surface area contributed by atoms with E-state index in [9.17, 15) is 14.0 Å². The van der Waals surface area contributed by atoms with Gasteiger partial charge >= 0.3 is 0 Å². The maximum atomic E-state index is 13.7. The minimum Gasteiger partial charge on any atom is -0.361 e. The molecule has 1 aromatic carbocycles. The van der Waals surface area contributed by atoms with Crippen molar-refractivity contribution in [1.82, 2.24) is 10.1 Å². The van der Waals surface area contributed by atoms with E-state index in [0.29, 0.717) is 17.8 Å². The van der Waals surface area contributed by atoms with Crippen LogP contribution in [0, 0.1) is 5.82 Å². The lowest BCUT2D eigenvalue weighted by Crippen LogP contribution is -2.36. The number of anilines is 1. The number of hydrogen-bond acceptors (Lipinski definition) is 4. The number of amides is 2. The molecule has 0 saturated carbocycles. The number of nitrogens with one attached hydrogen (secondary N) is 1. The highest BCUT2D eigenvalue weighted by atomic mass is 19.1. The molecule has 2 amide bonds. The van der Waals surface area contributed by atoms with Crippen LogP contribution in [0.3, 0.4) is 0 Å². The van der Waals surface area contributed by atoms with Gasteiger partial charge in [0.25, 0.3) is 0 Å². The summed E-state index contributed by atoms with van der Waals surface area (Å²) in [6.45, 7) is 0.320. The Morgan fingerprint density at radius 1 is 1.38 bits per heavy atom. The fourth-order valence-electron chi connectivity index (χ4n) is 3.79. The molecule has 1 N–H and O–H groups in total. The van der Waals surface area contributed by atoms with Gasteiger partial charge in [0, 0.05) is 31.1 Å². The maximum absolute atomic E-state index is 13.7. The second-order valence-electron chi connectivity index (χ2n) is 6.97. The predicted molar refractivity (Wildman–Crippen MR) is 92.0 cm³/mol. The Balaban J connectivity index is 1.57. The molecule has 0 unspecified atom stereocenters. The second-order valence-corrected chi connectivity index (χ2v) is 6.97. The van der Waals surface area contributed by atoms with E-state index in [1.165, 1.54) is 18.2 Å². The molecule has 2 aliphatic rings.